The highest BCUT2D eigenvalue weighted by atomic mass is 15.3. The van der Waals surface area contributed by atoms with Crippen LogP contribution in [0.25, 0.3) is 44.4 Å². The number of nitrogens with zero attached hydrogens (tertiary/aromatic N) is 3. The van der Waals surface area contributed by atoms with Crippen molar-refractivity contribution in [2.75, 3.05) is 10.0 Å². The van der Waals surface area contributed by atoms with Crippen molar-refractivity contribution in [3.63, 3.8) is 0 Å². The van der Waals surface area contributed by atoms with E-state index in [4.69, 9.17) is 9.97 Å². The molecule has 1 aliphatic heterocycles. The van der Waals surface area contributed by atoms with Gasteiger partial charge in [-0.25, -0.2) is 9.97 Å². The maximum Gasteiger partial charge on any atom is 0.416 e. The zero-order valence-electron chi connectivity index (χ0n) is 28.6. The van der Waals surface area contributed by atoms with Gasteiger partial charge in [0.15, 0.2) is 0 Å². The van der Waals surface area contributed by atoms with E-state index in [0.29, 0.717) is 5.95 Å². The van der Waals surface area contributed by atoms with E-state index in [1.54, 1.807) is 0 Å². The third-order valence-corrected chi connectivity index (χ3v) is 11.0. The molecular weight excluding hydrogens is 619 g/mol. The van der Waals surface area contributed by atoms with Crippen LogP contribution in [0.2, 0.25) is 0 Å². The molecule has 0 atom stereocenters. The molecule has 242 valence electrons. The van der Waals surface area contributed by atoms with Gasteiger partial charge in [-0.05, 0) is 69.2 Å². The molecule has 0 amide bonds. The van der Waals surface area contributed by atoms with Gasteiger partial charge in [0.2, 0.25) is 5.95 Å². The Kier molecular flexibility index (Phi) is 6.65. The van der Waals surface area contributed by atoms with E-state index in [0.717, 1.165) is 33.5 Å². The molecule has 2 heterocycles. The van der Waals surface area contributed by atoms with E-state index in [9.17, 15) is 0 Å². The molecule has 2 aliphatic carbocycles. The van der Waals surface area contributed by atoms with Crippen molar-refractivity contribution in [2.45, 2.75) is 25.2 Å². The van der Waals surface area contributed by atoms with Crippen molar-refractivity contribution in [2.24, 2.45) is 0 Å². The monoisotopic (exact) mass is 654 g/mol. The molecule has 10 rings (SSSR count). The second-order valence-electron chi connectivity index (χ2n) is 14.2. The first-order chi connectivity index (χ1) is 25.1. The van der Waals surface area contributed by atoms with E-state index in [1.807, 2.05) is 0 Å². The standard InChI is InChI=1S/C46H35BN4/c1-46(2)39-24-11-8-19-34(39)35-28-27-31(29-40(35)46)44-38-21-9-12-25-41(38)48-45(49-44)51-42-26-13-10-20-36(42)37-23-14-22-33(30-15-6-7-16-30)43(37)47(51)50-32-17-4-3-5-18-32/h3-30,50H,1-2H3. The van der Waals surface area contributed by atoms with Gasteiger partial charge in [0, 0.05) is 39.2 Å². The van der Waals surface area contributed by atoms with Gasteiger partial charge in [-0.1, -0.05) is 147 Å². The second kappa shape index (κ2) is 11.4. The minimum Gasteiger partial charge on any atom is -0.405 e. The minimum absolute atomic E-state index is 0.118. The summed E-state index contributed by atoms with van der Waals surface area (Å²) in [6, 6.07) is 50.0. The molecule has 51 heavy (non-hydrogen) atoms. The number of hydrogen-bond donors (Lipinski definition) is 1. The topological polar surface area (TPSA) is 41.1 Å². The summed E-state index contributed by atoms with van der Waals surface area (Å²) in [5.74, 6) is 0.838. The summed E-state index contributed by atoms with van der Waals surface area (Å²) >= 11 is 0. The Morgan fingerprint density at radius 1 is 0.627 bits per heavy atom. The summed E-state index contributed by atoms with van der Waals surface area (Å²) in [4.78, 5) is 13.2. The molecule has 5 heteroatoms. The zero-order chi connectivity index (χ0) is 34.1. The van der Waals surface area contributed by atoms with Gasteiger partial charge in [-0.3, -0.25) is 0 Å². The lowest BCUT2D eigenvalue weighted by atomic mass is 9.57. The fourth-order valence-corrected chi connectivity index (χ4v) is 8.53. The number of anilines is 3. The summed E-state index contributed by atoms with van der Waals surface area (Å²) in [6.07, 6.45) is 8.84. The third-order valence-electron chi connectivity index (χ3n) is 11.0. The van der Waals surface area contributed by atoms with Crippen LogP contribution in [0, 0.1) is 0 Å². The summed E-state index contributed by atoms with van der Waals surface area (Å²) in [5, 5.41) is 4.99. The number of allylic oxidation sites excluding steroid dienone is 4. The third kappa shape index (κ3) is 4.61. The molecule has 7 aromatic rings. The molecule has 0 saturated heterocycles. The molecule has 4 nitrogen and oxygen atoms in total. The van der Waals surface area contributed by atoms with Crippen LogP contribution in [-0.4, -0.2) is 17.0 Å². The fraction of sp³-hybridized carbons (Fsp3) is 0.0870. The first-order valence-corrected chi connectivity index (χ1v) is 17.8. The Hall–Kier alpha value is -6.20. The smallest absolute Gasteiger partial charge is 0.405 e. The Labute approximate surface area is 299 Å². The zero-order valence-corrected chi connectivity index (χ0v) is 28.6. The number of hydrogen-bond acceptors (Lipinski definition) is 4. The van der Waals surface area contributed by atoms with Gasteiger partial charge in [0.1, 0.15) is 0 Å². The van der Waals surface area contributed by atoms with Gasteiger partial charge in [-0.15, -0.1) is 0 Å². The van der Waals surface area contributed by atoms with Crippen LogP contribution < -0.4 is 15.5 Å². The Balaban J connectivity index is 1.21. The largest absolute Gasteiger partial charge is 0.416 e. The van der Waals surface area contributed by atoms with Crippen LogP contribution in [0.1, 0.15) is 36.5 Å². The lowest BCUT2D eigenvalue weighted by Crippen LogP contribution is -2.57. The molecule has 1 N–H and O–H groups in total. The van der Waals surface area contributed by atoms with E-state index >= 15 is 0 Å². The number of nitrogens with one attached hydrogen (secondary N) is 1. The highest BCUT2D eigenvalue weighted by Gasteiger charge is 2.41. The maximum atomic E-state index is 5.55. The van der Waals surface area contributed by atoms with Gasteiger partial charge in [-0.2, -0.15) is 0 Å². The molecule has 1 aromatic heterocycles. The lowest BCUT2D eigenvalue weighted by molar-refractivity contribution is 0.660. The van der Waals surface area contributed by atoms with Crippen molar-refractivity contribution < 1.29 is 0 Å². The minimum atomic E-state index is -0.279. The first kappa shape index (κ1) is 29.7. The molecule has 6 aromatic carbocycles. The molecule has 0 fully saturated rings. The van der Waals surface area contributed by atoms with Gasteiger partial charge >= 0.3 is 6.98 Å². The molecule has 0 bridgehead atoms. The highest BCUT2D eigenvalue weighted by molar-refractivity contribution is 6.83. The van der Waals surface area contributed by atoms with E-state index in [1.165, 1.54) is 44.4 Å². The predicted molar refractivity (Wildman–Crippen MR) is 213 cm³/mol. The number of fused-ring (bicyclic) bond motifs is 7. The van der Waals surface area contributed by atoms with Crippen molar-refractivity contribution in [1.82, 2.24) is 9.97 Å². The number of para-hydroxylation sites is 3. The summed E-state index contributed by atoms with van der Waals surface area (Å²) in [5.41, 5.74) is 15.1. The molecule has 0 radical (unpaired) electrons. The van der Waals surface area contributed by atoms with E-state index in [2.05, 4.69) is 188 Å². The molecule has 3 aliphatic rings. The average Bonchev–Trinajstić information content (AvgIpc) is 3.80. The summed E-state index contributed by atoms with van der Waals surface area (Å²) in [6.45, 7) is 4.39. The fourth-order valence-electron chi connectivity index (χ4n) is 8.53. The van der Waals surface area contributed by atoms with E-state index in [-0.39, 0.29) is 18.3 Å². The molecule has 0 saturated carbocycles. The molecule has 0 unspecified atom stereocenters. The molecular formula is C46H35BN4. The van der Waals surface area contributed by atoms with Crippen molar-refractivity contribution in [3.8, 4) is 33.5 Å². The predicted octanol–water partition coefficient (Wildman–Crippen LogP) is 10.4. The first-order valence-electron chi connectivity index (χ1n) is 17.8. The average molecular weight is 655 g/mol. The molecule has 0 spiro atoms. The highest BCUT2D eigenvalue weighted by Crippen LogP contribution is 2.50. The van der Waals surface area contributed by atoms with Gasteiger partial charge < -0.3 is 10.0 Å². The van der Waals surface area contributed by atoms with Gasteiger partial charge in [0.25, 0.3) is 0 Å². The van der Waals surface area contributed by atoms with Crippen molar-refractivity contribution in [3.05, 3.63) is 181 Å². The Bertz CT molecular complexity index is 2560. The van der Waals surface area contributed by atoms with Crippen molar-refractivity contribution in [1.29, 1.82) is 0 Å². The SMILES string of the molecule is CC1(C)c2ccccc2-c2ccc(-c3nc(N4B(Nc5ccccc5)c5c(cccc5C5C=CC=C5)-c5ccccc54)nc4ccccc34)cc21. The summed E-state index contributed by atoms with van der Waals surface area (Å²) in [7, 11) is 0. The van der Waals surface area contributed by atoms with Crippen LogP contribution in [-0.2, 0) is 5.41 Å². The van der Waals surface area contributed by atoms with Crippen LogP contribution >= 0.6 is 0 Å². The Morgan fingerprint density at radius 3 is 2.20 bits per heavy atom. The van der Waals surface area contributed by atoms with E-state index < -0.39 is 0 Å². The number of aromatic nitrogens is 2. The maximum absolute atomic E-state index is 5.55. The van der Waals surface area contributed by atoms with Crippen LogP contribution in [0.3, 0.4) is 0 Å². The summed E-state index contributed by atoms with van der Waals surface area (Å²) < 4.78 is 0. The van der Waals surface area contributed by atoms with Crippen LogP contribution in [0.15, 0.2) is 164 Å². The number of benzene rings is 6. The number of rotatable bonds is 5. The Morgan fingerprint density at radius 2 is 1.33 bits per heavy atom. The lowest BCUT2D eigenvalue weighted by Gasteiger charge is -2.38. The normalized spacial score (nSPS) is 15.1. The quantitative estimate of drug-likeness (QED) is 0.188. The van der Waals surface area contributed by atoms with Gasteiger partial charge in [0.05, 0.1) is 11.2 Å². The van der Waals surface area contributed by atoms with Crippen LogP contribution in [0.5, 0.6) is 0 Å². The van der Waals surface area contributed by atoms with Crippen molar-refractivity contribution >= 4 is 40.7 Å². The van der Waals surface area contributed by atoms with Crippen LogP contribution in [0.4, 0.5) is 17.3 Å². The second-order valence-corrected chi connectivity index (χ2v) is 14.2.